The Bertz CT molecular complexity index is 736. The molecule has 140 valence electrons. The van der Waals surface area contributed by atoms with Gasteiger partial charge in [-0.3, -0.25) is 9.59 Å². The predicted octanol–water partition coefficient (Wildman–Crippen LogP) is 2.65. The van der Waals surface area contributed by atoms with Crippen LogP contribution >= 0.6 is 0 Å². The van der Waals surface area contributed by atoms with E-state index in [1.807, 2.05) is 17.0 Å². The normalized spacial score (nSPS) is 28.9. The lowest BCUT2D eigenvalue weighted by atomic mass is 9.89. The Morgan fingerprint density at radius 2 is 1.81 bits per heavy atom. The van der Waals surface area contributed by atoms with E-state index in [1.165, 1.54) is 6.42 Å². The van der Waals surface area contributed by atoms with Gasteiger partial charge in [-0.1, -0.05) is 6.42 Å². The number of ether oxygens (including phenoxy) is 2. The molecule has 3 unspecified atom stereocenters. The van der Waals surface area contributed by atoms with Gasteiger partial charge < -0.3 is 19.5 Å². The topological polar surface area (TPSA) is 76.1 Å². The van der Waals surface area contributed by atoms with Crippen molar-refractivity contribution in [1.82, 2.24) is 4.90 Å². The lowest BCUT2D eigenvalue weighted by Gasteiger charge is -2.37. The SMILES string of the molecule is COc1cc2c(cc1OC)C(CC(=O)O)N(C(=O)C1C3CCCC31)CC2. The summed E-state index contributed by atoms with van der Waals surface area (Å²) in [6.45, 7) is 0.565. The van der Waals surface area contributed by atoms with Gasteiger partial charge >= 0.3 is 5.97 Å². The molecular formula is C20H25NO5. The first-order valence-corrected chi connectivity index (χ1v) is 9.32. The Morgan fingerprint density at radius 3 is 2.42 bits per heavy atom. The van der Waals surface area contributed by atoms with Crippen LogP contribution in [0.25, 0.3) is 0 Å². The summed E-state index contributed by atoms with van der Waals surface area (Å²) in [4.78, 5) is 26.5. The summed E-state index contributed by atoms with van der Waals surface area (Å²) < 4.78 is 10.8. The van der Waals surface area contributed by atoms with Gasteiger partial charge in [0.1, 0.15) is 0 Å². The first kappa shape index (κ1) is 17.2. The van der Waals surface area contributed by atoms with Crippen LogP contribution in [0.3, 0.4) is 0 Å². The summed E-state index contributed by atoms with van der Waals surface area (Å²) >= 11 is 0. The van der Waals surface area contributed by atoms with E-state index in [2.05, 4.69) is 0 Å². The highest BCUT2D eigenvalue weighted by Crippen LogP contribution is 2.58. The number of carboxylic acids is 1. The fourth-order valence-electron chi connectivity index (χ4n) is 5.06. The number of rotatable bonds is 5. The van der Waals surface area contributed by atoms with E-state index >= 15 is 0 Å². The fourth-order valence-corrected chi connectivity index (χ4v) is 5.06. The van der Waals surface area contributed by atoms with Crippen LogP contribution in [0, 0.1) is 17.8 Å². The van der Waals surface area contributed by atoms with Crippen molar-refractivity contribution in [2.75, 3.05) is 20.8 Å². The Hall–Kier alpha value is -2.24. The third-order valence-electron chi connectivity index (χ3n) is 6.35. The van der Waals surface area contributed by atoms with Crippen molar-refractivity contribution in [3.8, 4) is 11.5 Å². The van der Waals surface area contributed by atoms with Crippen molar-refractivity contribution >= 4 is 11.9 Å². The summed E-state index contributed by atoms with van der Waals surface area (Å²) in [6, 6.07) is 3.32. The van der Waals surface area contributed by atoms with Gasteiger partial charge in [-0.15, -0.1) is 0 Å². The van der Waals surface area contributed by atoms with Crippen molar-refractivity contribution in [2.24, 2.45) is 17.8 Å². The second-order valence-electron chi connectivity index (χ2n) is 7.59. The molecule has 3 aliphatic rings. The van der Waals surface area contributed by atoms with Crippen molar-refractivity contribution in [3.63, 3.8) is 0 Å². The molecule has 0 bridgehead atoms. The first-order valence-electron chi connectivity index (χ1n) is 9.32. The number of hydrogen-bond donors (Lipinski definition) is 1. The predicted molar refractivity (Wildman–Crippen MR) is 94.3 cm³/mol. The second kappa shape index (κ2) is 6.49. The van der Waals surface area contributed by atoms with Gasteiger partial charge in [0, 0.05) is 12.5 Å². The fraction of sp³-hybridized carbons (Fsp3) is 0.600. The molecule has 2 fully saturated rings. The molecule has 1 aromatic carbocycles. The van der Waals surface area contributed by atoms with Crippen LogP contribution in [0.1, 0.15) is 42.9 Å². The zero-order chi connectivity index (χ0) is 18.4. The van der Waals surface area contributed by atoms with Crippen LogP contribution in [0.15, 0.2) is 12.1 Å². The van der Waals surface area contributed by atoms with Crippen molar-refractivity contribution < 1.29 is 24.2 Å². The van der Waals surface area contributed by atoms with Gasteiger partial charge in [-0.25, -0.2) is 0 Å². The molecule has 2 saturated carbocycles. The Balaban J connectivity index is 1.67. The third kappa shape index (κ3) is 2.72. The maximum absolute atomic E-state index is 13.1. The second-order valence-corrected chi connectivity index (χ2v) is 7.59. The third-order valence-corrected chi connectivity index (χ3v) is 6.35. The van der Waals surface area contributed by atoms with Gasteiger partial charge in [-0.2, -0.15) is 0 Å². The quantitative estimate of drug-likeness (QED) is 0.875. The molecule has 0 radical (unpaired) electrons. The minimum absolute atomic E-state index is 0.0870. The first-order chi connectivity index (χ1) is 12.5. The maximum Gasteiger partial charge on any atom is 0.305 e. The molecule has 1 heterocycles. The lowest BCUT2D eigenvalue weighted by Crippen LogP contribution is -2.42. The number of benzene rings is 1. The minimum atomic E-state index is -0.897. The molecule has 26 heavy (non-hydrogen) atoms. The summed E-state index contributed by atoms with van der Waals surface area (Å²) in [7, 11) is 3.15. The number of amides is 1. The molecule has 3 atom stereocenters. The van der Waals surface area contributed by atoms with E-state index in [9.17, 15) is 14.7 Å². The molecule has 1 aliphatic heterocycles. The summed E-state index contributed by atoms with van der Waals surface area (Å²) in [5, 5.41) is 9.44. The van der Waals surface area contributed by atoms with Gasteiger partial charge in [0.05, 0.1) is 26.7 Å². The van der Waals surface area contributed by atoms with Crippen LogP contribution in [0.4, 0.5) is 0 Å². The zero-order valence-corrected chi connectivity index (χ0v) is 15.2. The Kier molecular flexibility index (Phi) is 4.29. The number of hydrogen-bond acceptors (Lipinski definition) is 4. The monoisotopic (exact) mass is 359 g/mol. The Morgan fingerprint density at radius 1 is 1.15 bits per heavy atom. The summed E-state index contributed by atoms with van der Waals surface area (Å²) in [5.74, 6) is 1.62. The number of methoxy groups -OCH3 is 2. The van der Waals surface area contributed by atoms with Crippen molar-refractivity contribution in [2.45, 2.75) is 38.1 Å². The average Bonchev–Trinajstić information content (AvgIpc) is 3.11. The molecule has 0 spiro atoms. The molecule has 1 N–H and O–H groups in total. The van der Waals surface area contributed by atoms with E-state index in [0.29, 0.717) is 36.3 Å². The zero-order valence-electron chi connectivity index (χ0n) is 15.2. The van der Waals surface area contributed by atoms with Crippen LogP contribution in [-0.4, -0.2) is 42.6 Å². The van der Waals surface area contributed by atoms with Crippen LogP contribution in [-0.2, 0) is 16.0 Å². The highest BCUT2D eigenvalue weighted by Gasteiger charge is 2.58. The molecule has 0 saturated heterocycles. The van der Waals surface area contributed by atoms with Crippen LogP contribution in [0.5, 0.6) is 11.5 Å². The van der Waals surface area contributed by atoms with E-state index < -0.39 is 12.0 Å². The van der Waals surface area contributed by atoms with Gasteiger partial charge in [0.15, 0.2) is 11.5 Å². The molecule has 6 nitrogen and oxygen atoms in total. The molecule has 1 aromatic rings. The maximum atomic E-state index is 13.1. The van der Waals surface area contributed by atoms with Gasteiger partial charge in [-0.05, 0) is 54.4 Å². The number of carbonyl (C=O) groups is 2. The summed E-state index contributed by atoms with van der Waals surface area (Å²) in [6.07, 6.45) is 4.12. The van der Waals surface area contributed by atoms with E-state index in [-0.39, 0.29) is 18.2 Å². The summed E-state index contributed by atoms with van der Waals surface area (Å²) in [5.41, 5.74) is 1.91. The minimum Gasteiger partial charge on any atom is -0.493 e. The molecule has 2 aliphatic carbocycles. The van der Waals surface area contributed by atoms with Crippen LogP contribution < -0.4 is 9.47 Å². The number of aliphatic carboxylic acids is 1. The van der Waals surface area contributed by atoms with Gasteiger partial charge in [0.2, 0.25) is 5.91 Å². The average molecular weight is 359 g/mol. The molecule has 4 rings (SSSR count). The van der Waals surface area contributed by atoms with Crippen molar-refractivity contribution in [3.05, 3.63) is 23.3 Å². The van der Waals surface area contributed by atoms with Crippen molar-refractivity contribution in [1.29, 1.82) is 0 Å². The largest absolute Gasteiger partial charge is 0.493 e. The number of fused-ring (bicyclic) bond motifs is 2. The molecule has 1 amide bonds. The standard InChI is InChI=1S/C20H25NO5/c1-25-16-8-11-6-7-21(20(24)19-12-4-3-5-13(12)19)15(10-18(22)23)14(11)9-17(16)26-2/h8-9,12-13,15,19H,3-7,10H2,1-2H3,(H,22,23). The van der Waals surface area contributed by atoms with Crippen LogP contribution in [0.2, 0.25) is 0 Å². The number of carbonyl (C=O) groups excluding carboxylic acids is 1. The highest BCUT2D eigenvalue weighted by atomic mass is 16.5. The highest BCUT2D eigenvalue weighted by molar-refractivity contribution is 5.84. The molecular weight excluding hydrogens is 334 g/mol. The lowest BCUT2D eigenvalue weighted by molar-refractivity contribution is -0.142. The van der Waals surface area contributed by atoms with E-state index in [1.54, 1.807) is 14.2 Å². The Labute approximate surface area is 153 Å². The molecule has 0 aromatic heterocycles. The smallest absolute Gasteiger partial charge is 0.305 e. The number of nitrogens with zero attached hydrogens (tertiary/aromatic N) is 1. The van der Waals surface area contributed by atoms with E-state index in [4.69, 9.17) is 9.47 Å². The van der Waals surface area contributed by atoms with E-state index in [0.717, 1.165) is 24.0 Å². The molecule has 6 heteroatoms. The van der Waals surface area contributed by atoms with Gasteiger partial charge in [0.25, 0.3) is 0 Å². The number of carboxylic acid groups (broad SMARTS) is 1.